The van der Waals surface area contributed by atoms with Gasteiger partial charge in [-0.3, -0.25) is 34.6 Å². The molecule has 0 unspecified atom stereocenters. The Balaban J connectivity index is 1.37. The van der Waals surface area contributed by atoms with Crippen LogP contribution in [0.2, 0.25) is 5.02 Å². The van der Waals surface area contributed by atoms with E-state index in [-0.39, 0.29) is 60.6 Å². The minimum absolute atomic E-state index is 0.0109. The van der Waals surface area contributed by atoms with E-state index < -0.39 is 137 Å². The Bertz CT molecular complexity index is 2940. The minimum atomic E-state index is -5.18. The number of methoxy groups -OCH3 is 2. The Kier molecular flexibility index (Phi) is 26.0. The number of unbranched alkanes of at least 4 members (excludes halogenated alkanes) is 1. The highest BCUT2D eigenvalue weighted by atomic mass is 79.9. The van der Waals surface area contributed by atoms with Crippen LogP contribution in [0.3, 0.4) is 0 Å². The number of hydrogen-bond acceptors (Lipinski definition) is 15. The van der Waals surface area contributed by atoms with E-state index in [1.165, 1.54) is 33.1 Å². The van der Waals surface area contributed by atoms with Crippen LogP contribution >= 0.6 is 43.5 Å². The summed E-state index contributed by atoms with van der Waals surface area (Å²) in [5.74, 6) is -4.89. The second kappa shape index (κ2) is 31.5. The molecule has 29 heteroatoms. The van der Waals surface area contributed by atoms with Crippen LogP contribution in [0.4, 0.5) is 44.6 Å². The SMILES string of the molecule is COc1cc2cc(c1Cl)N(C)C(=O)C[C@H](OC(=O)Nc1ccc(NC(=O)[C@H](CCCNC(N)=O)NC(=O)[C@@H](NC(=O)CCCCC(C)(C)OC(=O)C(CBr)CBr)C(C)C)c(C(F)(F)F)c1)[C@]1(C)O[C@H]1[C@H](C)[C@@H]1C[C@@](O)(NC(=O)O1)[C@H](OC)/C=C/C=C(\C)C2. The molecule has 3 aliphatic rings. The molecule has 8 amide bonds. The Morgan fingerprint density at radius 1 is 1.00 bits per heavy atom. The fraction of sp³-hybridized carbons (Fsp3) is 0.593. The number of esters is 1. The van der Waals surface area contributed by atoms with Crippen LogP contribution in [-0.4, -0.2) is 145 Å². The first-order valence-corrected chi connectivity index (χ1v) is 31.2. The number of anilines is 3. The van der Waals surface area contributed by atoms with E-state index in [4.69, 9.17) is 45.8 Å². The van der Waals surface area contributed by atoms with Crippen LogP contribution in [0.25, 0.3) is 0 Å². The Morgan fingerprint density at radius 2 is 1.69 bits per heavy atom. The van der Waals surface area contributed by atoms with E-state index in [9.17, 15) is 43.5 Å². The van der Waals surface area contributed by atoms with Gasteiger partial charge in [0.2, 0.25) is 23.6 Å². The number of alkyl halides is 5. The van der Waals surface area contributed by atoms with Crippen LogP contribution in [0.5, 0.6) is 5.75 Å². The first kappa shape index (κ1) is 72.5. The monoisotopic (exact) mass is 1390 g/mol. The van der Waals surface area contributed by atoms with Crippen molar-refractivity contribution in [1.82, 2.24) is 21.3 Å². The Hall–Kier alpha value is -6.20. The molecule has 488 valence electrons. The van der Waals surface area contributed by atoms with Crippen molar-refractivity contribution in [3.63, 3.8) is 0 Å². The second-order valence-electron chi connectivity index (χ2n) is 23.2. The zero-order valence-corrected chi connectivity index (χ0v) is 54.7. The molecule has 2 aromatic carbocycles. The molecule has 9 N–H and O–H groups in total. The van der Waals surface area contributed by atoms with Crippen molar-refractivity contribution in [2.75, 3.05) is 54.0 Å². The Morgan fingerprint density at radius 3 is 2.32 bits per heavy atom. The molecule has 5 rings (SSSR count). The summed E-state index contributed by atoms with van der Waals surface area (Å²) in [6.07, 6.45) is -6.37. The number of aliphatic hydroxyl groups is 1. The molecule has 2 saturated heterocycles. The molecule has 0 spiro atoms. The number of benzene rings is 2. The summed E-state index contributed by atoms with van der Waals surface area (Å²) in [5.41, 5.74) is -0.0757. The maximum absolute atomic E-state index is 15.1. The summed E-state index contributed by atoms with van der Waals surface area (Å²) in [7, 11) is 4.20. The van der Waals surface area contributed by atoms with Gasteiger partial charge in [0.15, 0.2) is 5.72 Å². The summed E-state index contributed by atoms with van der Waals surface area (Å²) < 4.78 is 79.8. The standard InChI is InChI=1S/C59H80Br2ClF3N8O15/c1-31(2)48(71-45(74)18-11-12-21-56(5,6)88-52(78)35(29-60)30-61)51(77)70-39(16-14-22-67-53(66)79)50(76)69-38-20-19-36(26-37(38)59(63,64)65)68-54(80)86-44-27-46(75)73(8)40-24-34(25-41(83-9)47(40)62)23-32(3)15-13-17-43(84-10)58(82)28-42(85-55(81)72-58)33(4)49-57(44,7)87-49/h13,15,17,19-20,24-26,31,33,35,39,42-44,48-49,82H,11-12,14,16,18,21-23,27-30H2,1-10H3,(H,68,80)(H,69,76)(H,70,77)(H,71,74)(H,72,81)(H3,66,67,79)/b17-13+,32-15+/t33-,39+,42+,43-,44+,48+,49+,57+,58+/m1/s1. The third kappa shape index (κ3) is 19.9. The van der Waals surface area contributed by atoms with Gasteiger partial charge in [0, 0.05) is 55.8 Å². The molecule has 3 heterocycles. The number of nitrogens with zero attached hydrogens (tertiary/aromatic N) is 1. The largest absolute Gasteiger partial charge is 0.495 e. The van der Waals surface area contributed by atoms with Crippen molar-refractivity contribution in [3.05, 3.63) is 70.3 Å². The van der Waals surface area contributed by atoms with E-state index in [1.807, 2.05) is 6.92 Å². The average molecular weight is 1390 g/mol. The number of rotatable bonds is 23. The number of halogens is 6. The number of fused-ring (bicyclic) bond motifs is 5. The lowest BCUT2D eigenvalue weighted by molar-refractivity contribution is -0.160. The van der Waals surface area contributed by atoms with Gasteiger partial charge in [0.25, 0.3) is 0 Å². The van der Waals surface area contributed by atoms with Gasteiger partial charge in [-0.2, -0.15) is 13.2 Å². The highest BCUT2D eigenvalue weighted by molar-refractivity contribution is 9.09. The number of epoxide rings is 1. The van der Waals surface area contributed by atoms with Gasteiger partial charge in [-0.15, -0.1) is 0 Å². The first-order chi connectivity index (χ1) is 41.2. The number of amides is 8. The molecule has 3 aliphatic heterocycles. The number of urea groups is 1. The van der Waals surface area contributed by atoms with Gasteiger partial charge < -0.3 is 65.4 Å². The fourth-order valence-corrected chi connectivity index (χ4v) is 12.2. The fourth-order valence-electron chi connectivity index (χ4n) is 10.3. The van der Waals surface area contributed by atoms with Crippen molar-refractivity contribution in [2.45, 2.75) is 166 Å². The van der Waals surface area contributed by atoms with Gasteiger partial charge >= 0.3 is 30.4 Å². The van der Waals surface area contributed by atoms with E-state index in [0.717, 1.165) is 17.7 Å². The van der Waals surface area contributed by atoms with Gasteiger partial charge in [-0.1, -0.05) is 88.0 Å². The number of alkyl carbamates (subject to hydrolysis) is 1. The second-order valence-corrected chi connectivity index (χ2v) is 24.9. The van der Waals surface area contributed by atoms with Gasteiger partial charge in [-0.05, 0) is 108 Å². The van der Waals surface area contributed by atoms with Crippen molar-refractivity contribution in [1.29, 1.82) is 0 Å². The molecule has 0 radical (unpaired) electrons. The predicted molar refractivity (Wildman–Crippen MR) is 328 cm³/mol. The molecule has 88 heavy (non-hydrogen) atoms. The zero-order chi connectivity index (χ0) is 65.6. The molecule has 0 aliphatic carbocycles. The highest BCUT2D eigenvalue weighted by Gasteiger charge is 2.64. The number of carbonyl (C=O) groups excluding carboxylic acids is 8. The Labute approximate surface area is 531 Å². The molecule has 23 nitrogen and oxygen atoms in total. The molecule has 0 aromatic heterocycles. The number of allylic oxidation sites excluding steroid dienone is 3. The van der Waals surface area contributed by atoms with Crippen molar-refractivity contribution in [3.8, 4) is 5.75 Å². The average Bonchev–Trinajstić information content (AvgIpc) is 1.71. The lowest BCUT2D eigenvalue weighted by Gasteiger charge is -2.42. The van der Waals surface area contributed by atoms with Gasteiger partial charge in [0.05, 0.1) is 42.5 Å². The molecule has 4 bridgehead atoms. The van der Waals surface area contributed by atoms with Crippen molar-refractivity contribution in [2.24, 2.45) is 23.5 Å². The third-order valence-corrected chi connectivity index (χ3v) is 17.4. The number of nitrogens with two attached hydrogens (primary N) is 1. The molecule has 0 saturated carbocycles. The van der Waals surface area contributed by atoms with Crippen LogP contribution in [0.1, 0.15) is 111 Å². The summed E-state index contributed by atoms with van der Waals surface area (Å²) in [6.45, 7) is 11.8. The van der Waals surface area contributed by atoms with Crippen LogP contribution in [0.15, 0.2) is 54.1 Å². The summed E-state index contributed by atoms with van der Waals surface area (Å²) >= 11 is 13.4. The minimum Gasteiger partial charge on any atom is -0.495 e. The molecular weight excluding hydrogens is 1310 g/mol. The van der Waals surface area contributed by atoms with E-state index in [0.29, 0.717) is 48.0 Å². The smallest absolute Gasteiger partial charge is 0.418 e. The van der Waals surface area contributed by atoms with Gasteiger partial charge in [-0.25, -0.2) is 14.4 Å². The predicted octanol–water partition coefficient (Wildman–Crippen LogP) is 8.69. The summed E-state index contributed by atoms with van der Waals surface area (Å²) in [5, 5.41) is 27.3. The van der Waals surface area contributed by atoms with Crippen LogP contribution in [-0.2, 0) is 60.3 Å². The molecule has 2 fully saturated rings. The van der Waals surface area contributed by atoms with Crippen molar-refractivity contribution < 1.29 is 85.1 Å². The molecular formula is C59H80Br2ClF3N8O15. The lowest BCUT2D eigenvalue weighted by Crippen LogP contribution is -2.63. The van der Waals surface area contributed by atoms with Crippen LogP contribution < -0.4 is 47.3 Å². The third-order valence-electron chi connectivity index (χ3n) is 15.4. The number of ether oxygens (including phenoxy) is 6. The normalized spacial score (nSPS) is 24.0. The lowest BCUT2D eigenvalue weighted by atomic mass is 9.83. The first-order valence-electron chi connectivity index (χ1n) is 28.6. The topological polar surface area (TPSA) is 317 Å². The quantitative estimate of drug-likeness (QED) is 0.0170. The zero-order valence-electron chi connectivity index (χ0n) is 50.8. The van der Waals surface area contributed by atoms with Gasteiger partial charge in [0.1, 0.15) is 52.4 Å². The highest BCUT2D eigenvalue weighted by Crippen LogP contribution is 2.49. The summed E-state index contributed by atoms with van der Waals surface area (Å²) in [4.78, 5) is 108. The maximum atomic E-state index is 15.1. The maximum Gasteiger partial charge on any atom is 0.418 e. The molecule has 2 aromatic rings. The van der Waals surface area contributed by atoms with Crippen molar-refractivity contribution >= 4 is 108 Å². The van der Waals surface area contributed by atoms with E-state index in [1.54, 1.807) is 65.0 Å². The van der Waals surface area contributed by atoms with E-state index in [2.05, 4.69) is 63.8 Å². The number of hydrogen-bond donors (Lipinski definition) is 8. The summed E-state index contributed by atoms with van der Waals surface area (Å²) in [6, 6.07) is 2.19. The number of primary amides is 1. The number of nitrogens with one attached hydrogen (secondary N) is 6. The van der Waals surface area contributed by atoms with E-state index >= 15 is 13.2 Å². The number of carbonyl (C=O) groups is 8. The van der Waals surface area contributed by atoms with Crippen LogP contribution in [0, 0.1) is 17.8 Å². The molecule has 9 atom stereocenters.